The molecule has 1 rings (SSSR count). The lowest BCUT2D eigenvalue weighted by molar-refractivity contribution is -0.140. The average molecular weight is 169 g/mol. The van der Waals surface area contributed by atoms with E-state index in [0.717, 1.165) is 0 Å². The van der Waals surface area contributed by atoms with E-state index < -0.39 is 12.0 Å². The second kappa shape index (κ2) is 2.92. The first kappa shape index (κ1) is 8.70. The predicted molar refractivity (Wildman–Crippen MR) is 41.8 cm³/mol. The highest BCUT2D eigenvalue weighted by molar-refractivity contribution is 5.71. The maximum absolute atomic E-state index is 10.6. The number of hydrogen-bond acceptors (Lipinski definition) is 3. The molecule has 0 bridgehead atoms. The summed E-state index contributed by atoms with van der Waals surface area (Å²) in [5, 5.41) is 12.6. The van der Waals surface area contributed by atoms with E-state index in [0.29, 0.717) is 11.6 Å². The van der Waals surface area contributed by atoms with Crippen LogP contribution in [0.1, 0.15) is 24.6 Å². The van der Waals surface area contributed by atoms with Gasteiger partial charge in [0.2, 0.25) is 0 Å². The number of aliphatic carboxylic acids is 1. The molecule has 66 valence electrons. The van der Waals surface area contributed by atoms with Crippen LogP contribution in [0.15, 0.2) is 0 Å². The Morgan fingerprint density at radius 2 is 2.17 bits per heavy atom. The van der Waals surface area contributed by atoms with Crippen molar-refractivity contribution in [3.8, 4) is 0 Å². The van der Waals surface area contributed by atoms with Gasteiger partial charge >= 0.3 is 5.97 Å². The van der Waals surface area contributed by atoms with Crippen LogP contribution in [0.5, 0.6) is 0 Å². The quantitative estimate of drug-likeness (QED) is 0.701. The van der Waals surface area contributed by atoms with Crippen molar-refractivity contribution in [2.24, 2.45) is 0 Å². The lowest BCUT2D eigenvalue weighted by Crippen LogP contribution is -2.18. The Labute approximate surface area is 70.0 Å². The van der Waals surface area contributed by atoms with Crippen LogP contribution in [0.3, 0.4) is 0 Å². The van der Waals surface area contributed by atoms with Crippen LogP contribution in [0, 0.1) is 13.8 Å². The van der Waals surface area contributed by atoms with Crippen molar-refractivity contribution in [1.29, 1.82) is 0 Å². The van der Waals surface area contributed by atoms with Crippen LogP contribution < -0.4 is 0 Å². The van der Waals surface area contributed by atoms with E-state index in [2.05, 4.69) is 10.1 Å². The summed E-state index contributed by atoms with van der Waals surface area (Å²) in [6.07, 6.45) is 0. The largest absolute Gasteiger partial charge is 0.480 e. The highest BCUT2D eigenvalue weighted by atomic mass is 16.4. The van der Waals surface area contributed by atoms with Gasteiger partial charge < -0.3 is 5.11 Å². The van der Waals surface area contributed by atoms with Crippen molar-refractivity contribution in [3.05, 3.63) is 11.6 Å². The number of carboxylic acid groups (broad SMARTS) is 1. The molecule has 12 heavy (non-hydrogen) atoms. The van der Waals surface area contributed by atoms with E-state index in [1.165, 1.54) is 4.68 Å². The first-order valence-corrected chi connectivity index (χ1v) is 3.65. The van der Waals surface area contributed by atoms with Gasteiger partial charge in [-0.2, -0.15) is 5.10 Å². The number of hydrogen-bond donors (Lipinski definition) is 1. The number of nitrogens with zero attached hydrogens (tertiary/aromatic N) is 3. The zero-order valence-electron chi connectivity index (χ0n) is 7.27. The Balaban J connectivity index is 3.02. The van der Waals surface area contributed by atoms with E-state index in [1.54, 1.807) is 20.8 Å². The molecule has 0 spiro atoms. The van der Waals surface area contributed by atoms with Crippen molar-refractivity contribution in [2.45, 2.75) is 26.8 Å². The second-order valence-electron chi connectivity index (χ2n) is 2.67. The molecule has 0 fully saturated rings. The molecule has 1 aromatic rings. The fourth-order valence-corrected chi connectivity index (χ4v) is 1.01. The van der Waals surface area contributed by atoms with Crippen molar-refractivity contribution in [2.75, 3.05) is 0 Å². The average Bonchev–Trinajstić information content (AvgIpc) is 2.28. The van der Waals surface area contributed by atoms with Crippen LogP contribution >= 0.6 is 0 Å². The Morgan fingerprint density at radius 3 is 2.50 bits per heavy atom. The van der Waals surface area contributed by atoms with Crippen LogP contribution in [0.25, 0.3) is 0 Å². The van der Waals surface area contributed by atoms with E-state index in [-0.39, 0.29) is 0 Å². The number of aryl methyl sites for hydroxylation is 2. The fraction of sp³-hybridized carbons (Fsp3) is 0.571. The molecular formula is C7H11N3O2. The number of aromatic nitrogens is 3. The van der Waals surface area contributed by atoms with Crippen LogP contribution in [-0.4, -0.2) is 25.8 Å². The van der Waals surface area contributed by atoms with E-state index in [1.807, 2.05) is 0 Å². The third-order valence-corrected chi connectivity index (χ3v) is 1.63. The topological polar surface area (TPSA) is 68.0 Å². The van der Waals surface area contributed by atoms with Crippen LogP contribution in [0.4, 0.5) is 0 Å². The molecule has 1 atom stereocenters. The SMILES string of the molecule is Cc1nc(C)n(C(C)C(=O)O)n1. The van der Waals surface area contributed by atoms with Gasteiger partial charge in [0.15, 0.2) is 0 Å². The molecule has 0 radical (unpaired) electrons. The molecule has 1 aromatic heterocycles. The van der Waals surface area contributed by atoms with Crippen molar-refractivity contribution < 1.29 is 9.90 Å². The van der Waals surface area contributed by atoms with Gasteiger partial charge in [-0.3, -0.25) is 0 Å². The van der Waals surface area contributed by atoms with Gasteiger partial charge in [-0.1, -0.05) is 0 Å². The molecule has 1 unspecified atom stereocenters. The summed E-state index contributed by atoms with van der Waals surface area (Å²) in [4.78, 5) is 14.6. The van der Waals surface area contributed by atoms with Crippen molar-refractivity contribution in [3.63, 3.8) is 0 Å². The maximum atomic E-state index is 10.6. The minimum absolute atomic E-state index is 0.598. The van der Waals surface area contributed by atoms with Gasteiger partial charge in [-0.15, -0.1) is 0 Å². The summed E-state index contributed by atoms with van der Waals surface area (Å²) in [7, 11) is 0. The normalized spacial score (nSPS) is 12.9. The first-order valence-electron chi connectivity index (χ1n) is 3.65. The van der Waals surface area contributed by atoms with Gasteiger partial charge in [0, 0.05) is 0 Å². The third kappa shape index (κ3) is 1.44. The molecule has 0 aliphatic carbocycles. The molecule has 5 heteroatoms. The zero-order valence-corrected chi connectivity index (χ0v) is 7.27. The molecule has 0 aromatic carbocycles. The Kier molecular flexibility index (Phi) is 2.12. The Bertz CT molecular complexity index is 306. The summed E-state index contributed by atoms with van der Waals surface area (Å²) in [6.45, 7) is 5.04. The predicted octanol–water partition coefficient (Wildman–Crippen LogP) is 0.541. The lowest BCUT2D eigenvalue weighted by atomic mass is 10.3. The number of rotatable bonds is 2. The monoisotopic (exact) mass is 169 g/mol. The van der Waals surface area contributed by atoms with Gasteiger partial charge in [-0.05, 0) is 20.8 Å². The number of carbonyl (C=O) groups is 1. The van der Waals surface area contributed by atoms with E-state index in [9.17, 15) is 4.79 Å². The molecule has 0 saturated heterocycles. The summed E-state index contributed by atoms with van der Waals surface area (Å²) >= 11 is 0. The zero-order chi connectivity index (χ0) is 9.30. The van der Waals surface area contributed by atoms with Crippen LogP contribution in [-0.2, 0) is 4.79 Å². The van der Waals surface area contributed by atoms with Crippen molar-refractivity contribution in [1.82, 2.24) is 14.8 Å². The summed E-state index contributed by atoms with van der Waals surface area (Å²) < 4.78 is 1.40. The van der Waals surface area contributed by atoms with E-state index >= 15 is 0 Å². The number of carboxylic acids is 1. The highest BCUT2D eigenvalue weighted by Gasteiger charge is 2.16. The standard InChI is InChI=1S/C7H11N3O2/c1-4(7(11)12)10-6(3)8-5(2)9-10/h4H,1-3H3,(H,11,12). The minimum Gasteiger partial charge on any atom is -0.480 e. The minimum atomic E-state index is -0.900. The van der Waals surface area contributed by atoms with Crippen LogP contribution in [0.2, 0.25) is 0 Å². The second-order valence-corrected chi connectivity index (χ2v) is 2.67. The molecule has 1 N–H and O–H groups in total. The van der Waals surface area contributed by atoms with Gasteiger partial charge in [-0.25, -0.2) is 14.5 Å². The van der Waals surface area contributed by atoms with Gasteiger partial charge in [0.1, 0.15) is 17.7 Å². The summed E-state index contributed by atoms with van der Waals surface area (Å²) in [5.74, 6) is 0.325. The Hall–Kier alpha value is -1.39. The maximum Gasteiger partial charge on any atom is 0.328 e. The molecule has 5 nitrogen and oxygen atoms in total. The smallest absolute Gasteiger partial charge is 0.328 e. The summed E-state index contributed by atoms with van der Waals surface area (Å²) in [6, 6.07) is -0.647. The van der Waals surface area contributed by atoms with Gasteiger partial charge in [0.25, 0.3) is 0 Å². The molecule has 0 aliphatic rings. The van der Waals surface area contributed by atoms with Crippen molar-refractivity contribution >= 4 is 5.97 Å². The third-order valence-electron chi connectivity index (χ3n) is 1.63. The first-order chi connectivity index (χ1) is 5.52. The molecule has 1 heterocycles. The summed E-state index contributed by atoms with van der Waals surface area (Å²) in [5.41, 5.74) is 0. The van der Waals surface area contributed by atoms with Gasteiger partial charge in [0.05, 0.1) is 0 Å². The molecular weight excluding hydrogens is 158 g/mol. The molecule has 0 amide bonds. The Morgan fingerprint density at radius 1 is 1.58 bits per heavy atom. The molecule has 0 saturated carbocycles. The van der Waals surface area contributed by atoms with E-state index in [4.69, 9.17) is 5.11 Å². The fourth-order valence-electron chi connectivity index (χ4n) is 1.01. The lowest BCUT2D eigenvalue weighted by Gasteiger charge is -2.06. The highest BCUT2D eigenvalue weighted by Crippen LogP contribution is 2.06. The molecule has 0 aliphatic heterocycles.